The van der Waals surface area contributed by atoms with Crippen LogP contribution in [0.25, 0.3) is 0 Å². The summed E-state index contributed by atoms with van der Waals surface area (Å²) in [5.41, 5.74) is 3.17. The van der Waals surface area contributed by atoms with Crippen molar-refractivity contribution in [2.45, 2.75) is 20.4 Å². The second-order valence-corrected chi connectivity index (χ2v) is 4.66. The number of hydrogen-bond donors (Lipinski definition) is 1. The molecule has 0 fully saturated rings. The summed E-state index contributed by atoms with van der Waals surface area (Å²) in [7, 11) is 1.68. The molecule has 0 aliphatic heterocycles. The van der Waals surface area contributed by atoms with E-state index in [0.717, 1.165) is 0 Å². The third-order valence-electron chi connectivity index (χ3n) is 2.95. The predicted octanol–water partition coefficient (Wildman–Crippen LogP) is 1.50. The number of carbonyl (C=O) groups is 1. The molecule has 1 N–H and O–H groups in total. The van der Waals surface area contributed by atoms with E-state index in [-0.39, 0.29) is 16.3 Å². The van der Waals surface area contributed by atoms with Crippen molar-refractivity contribution in [3.8, 4) is 0 Å². The number of nitrogens with one attached hydrogen (secondary N) is 1. The average molecular weight is 313 g/mol. The van der Waals surface area contributed by atoms with Crippen molar-refractivity contribution in [3.05, 3.63) is 34.1 Å². The van der Waals surface area contributed by atoms with E-state index in [2.05, 4.69) is 20.7 Å². The van der Waals surface area contributed by atoms with Crippen molar-refractivity contribution in [1.29, 1.82) is 0 Å². The van der Waals surface area contributed by atoms with Crippen molar-refractivity contribution in [2.75, 3.05) is 0 Å². The molecule has 112 valence electrons. The monoisotopic (exact) mass is 312 g/mol. The van der Waals surface area contributed by atoms with Gasteiger partial charge in [0.2, 0.25) is 5.95 Å². The lowest BCUT2D eigenvalue weighted by Gasteiger charge is -1.96. The Labute approximate surface area is 125 Å². The van der Waals surface area contributed by atoms with Gasteiger partial charge in [-0.3, -0.25) is 9.48 Å². The lowest BCUT2D eigenvalue weighted by atomic mass is 10.3. The van der Waals surface area contributed by atoms with Crippen molar-refractivity contribution in [3.63, 3.8) is 0 Å². The summed E-state index contributed by atoms with van der Waals surface area (Å²) in [6.45, 7) is 3.92. The first kappa shape index (κ1) is 15.2. The minimum Gasteiger partial charge on any atom is -0.271 e. The molecule has 0 saturated heterocycles. The molecule has 1 amide bonds. The summed E-state index contributed by atoms with van der Waals surface area (Å²) in [4.78, 5) is 11.9. The van der Waals surface area contributed by atoms with Crippen molar-refractivity contribution < 1.29 is 9.18 Å². The normalized spacial score (nSPS) is 11.3. The largest absolute Gasteiger partial charge is 0.293 e. The molecule has 2 aromatic rings. The molecule has 0 radical (unpaired) electrons. The predicted molar refractivity (Wildman–Crippen MR) is 75.9 cm³/mol. The van der Waals surface area contributed by atoms with E-state index in [9.17, 15) is 9.18 Å². The average Bonchev–Trinajstić information content (AvgIpc) is 2.94. The number of aromatic nitrogens is 4. The summed E-state index contributed by atoms with van der Waals surface area (Å²) >= 11 is 5.98. The molecule has 0 atom stereocenters. The molecule has 0 aliphatic carbocycles. The van der Waals surface area contributed by atoms with Gasteiger partial charge in [-0.15, -0.1) is 0 Å². The summed E-state index contributed by atoms with van der Waals surface area (Å²) < 4.78 is 16.3. The molecule has 0 spiro atoms. The number of aryl methyl sites for hydroxylation is 2. The van der Waals surface area contributed by atoms with Crippen LogP contribution in [0.1, 0.15) is 28.7 Å². The maximum Gasteiger partial charge on any atom is 0.293 e. The first-order valence-electron chi connectivity index (χ1n) is 6.19. The Morgan fingerprint density at radius 1 is 1.62 bits per heavy atom. The van der Waals surface area contributed by atoms with Crippen LogP contribution < -0.4 is 5.43 Å². The van der Waals surface area contributed by atoms with Gasteiger partial charge in [-0.2, -0.15) is 19.7 Å². The smallest absolute Gasteiger partial charge is 0.271 e. The van der Waals surface area contributed by atoms with Gasteiger partial charge in [0.15, 0.2) is 5.69 Å². The summed E-state index contributed by atoms with van der Waals surface area (Å²) in [5, 5.41) is 11.7. The van der Waals surface area contributed by atoms with Gasteiger partial charge in [-0.25, -0.2) is 10.1 Å². The van der Waals surface area contributed by atoms with E-state index >= 15 is 0 Å². The van der Waals surface area contributed by atoms with Crippen molar-refractivity contribution in [1.82, 2.24) is 25.0 Å². The summed E-state index contributed by atoms with van der Waals surface area (Å²) in [6, 6.07) is 0. The van der Waals surface area contributed by atoms with E-state index in [0.29, 0.717) is 12.2 Å². The quantitative estimate of drug-likeness (QED) is 0.686. The third kappa shape index (κ3) is 2.94. The number of rotatable bonds is 4. The zero-order valence-electron chi connectivity index (χ0n) is 11.8. The van der Waals surface area contributed by atoms with Crippen LogP contribution in [-0.2, 0) is 13.6 Å². The third-order valence-corrected chi connectivity index (χ3v) is 3.40. The number of halogens is 2. The number of nitrogens with zero attached hydrogens (tertiary/aromatic N) is 5. The Morgan fingerprint density at radius 2 is 2.33 bits per heavy atom. The molecule has 2 aromatic heterocycles. The molecule has 0 saturated carbocycles. The Balaban J connectivity index is 2.08. The fraction of sp³-hybridized carbons (Fsp3) is 0.333. The Morgan fingerprint density at radius 3 is 2.86 bits per heavy atom. The highest BCUT2D eigenvalue weighted by Gasteiger charge is 2.17. The molecule has 7 nitrogen and oxygen atoms in total. The Hall–Kier alpha value is -2.22. The summed E-state index contributed by atoms with van der Waals surface area (Å²) in [6.07, 6.45) is 2.50. The van der Waals surface area contributed by atoms with Crippen molar-refractivity contribution in [2.24, 2.45) is 12.1 Å². The fourth-order valence-corrected chi connectivity index (χ4v) is 1.88. The Kier molecular flexibility index (Phi) is 4.37. The van der Waals surface area contributed by atoms with Crippen LogP contribution in [0.4, 0.5) is 4.39 Å². The molecular formula is C12H14ClFN6O. The summed E-state index contributed by atoms with van der Waals surface area (Å²) in [5.74, 6) is -1.08. The van der Waals surface area contributed by atoms with Crippen LogP contribution in [-0.4, -0.2) is 31.7 Å². The van der Waals surface area contributed by atoms with Crippen LogP contribution >= 0.6 is 11.6 Å². The van der Waals surface area contributed by atoms with Gasteiger partial charge in [-0.1, -0.05) is 11.6 Å². The fourth-order valence-electron chi connectivity index (χ4n) is 1.63. The molecule has 2 rings (SSSR count). The van der Waals surface area contributed by atoms with E-state index in [1.165, 1.54) is 21.8 Å². The van der Waals surface area contributed by atoms with Gasteiger partial charge >= 0.3 is 0 Å². The van der Waals surface area contributed by atoms with Gasteiger partial charge in [0.05, 0.1) is 28.7 Å². The van der Waals surface area contributed by atoms with E-state index in [4.69, 9.17) is 11.6 Å². The van der Waals surface area contributed by atoms with Gasteiger partial charge < -0.3 is 0 Å². The van der Waals surface area contributed by atoms with Crippen molar-refractivity contribution >= 4 is 23.7 Å². The highest BCUT2D eigenvalue weighted by molar-refractivity contribution is 6.34. The molecule has 9 heteroatoms. The van der Waals surface area contributed by atoms with Gasteiger partial charge in [-0.05, 0) is 13.8 Å². The maximum absolute atomic E-state index is 13.7. The van der Waals surface area contributed by atoms with Crippen LogP contribution in [0.5, 0.6) is 0 Å². The van der Waals surface area contributed by atoms with E-state index in [1.807, 2.05) is 0 Å². The van der Waals surface area contributed by atoms with Crippen LogP contribution in [0, 0.1) is 12.9 Å². The Bertz CT molecular complexity index is 705. The van der Waals surface area contributed by atoms with Crippen LogP contribution in [0.15, 0.2) is 11.3 Å². The second-order valence-electron chi connectivity index (χ2n) is 4.28. The molecule has 2 heterocycles. The van der Waals surface area contributed by atoms with Gasteiger partial charge in [0, 0.05) is 13.6 Å². The minimum absolute atomic E-state index is 0.0681. The SMILES string of the molecule is CCn1ncc(/C=N\NC(=O)c2nn(C)c(C)c2Cl)c1F. The number of carbonyl (C=O) groups excluding carboxylic acids is 1. The molecular weight excluding hydrogens is 299 g/mol. The van der Waals surface area contributed by atoms with E-state index in [1.54, 1.807) is 20.9 Å². The first-order valence-corrected chi connectivity index (χ1v) is 6.57. The number of hydrazone groups is 1. The number of amides is 1. The maximum atomic E-state index is 13.7. The van der Waals surface area contributed by atoms with Crippen LogP contribution in [0.3, 0.4) is 0 Å². The topological polar surface area (TPSA) is 77.1 Å². The zero-order valence-corrected chi connectivity index (χ0v) is 12.5. The lowest BCUT2D eigenvalue weighted by molar-refractivity contribution is 0.0949. The lowest BCUT2D eigenvalue weighted by Crippen LogP contribution is -2.19. The van der Waals surface area contributed by atoms with Gasteiger partial charge in [0.25, 0.3) is 5.91 Å². The van der Waals surface area contributed by atoms with Crippen LogP contribution in [0.2, 0.25) is 5.02 Å². The highest BCUT2D eigenvalue weighted by atomic mass is 35.5. The van der Waals surface area contributed by atoms with Gasteiger partial charge in [0.1, 0.15) is 0 Å². The van der Waals surface area contributed by atoms with E-state index < -0.39 is 11.9 Å². The zero-order chi connectivity index (χ0) is 15.6. The molecule has 0 aromatic carbocycles. The number of hydrogen-bond acceptors (Lipinski definition) is 4. The standard InChI is InChI=1S/C12H14ClFN6O/c1-4-20-11(14)8(6-16-20)5-15-17-12(21)10-9(13)7(2)19(3)18-10/h5-6H,4H2,1-3H3,(H,17,21)/b15-5-. The molecule has 0 unspecified atom stereocenters. The second kappa shape index (κ2) is 6.04. The molecule has 0 aliphatic rings. The molecule has 21 heavy (non-hydrogen) atoms. The first-order chi connectivity index (χ1) is 9.95. The minimum atomic E-state index is -0.566. The highest BCUT2D eigenvalue weighted by Crippen LogP contribution is 2.18. The molecule has 0 bridgehead atoms.